The average Bonchev–Trinajstić information content (AvgIpc) is 3.05. The molecular formula is C17H20FN3O. The summed E-state index contributed by atoms with van der Waals surface area (Å²) in [5.41, 5.74) is 1.74. The van der Waals surface area contributed by atoms with Gasteiger partial charge in [0, 0.05) is 19.0 Å². The molecule has 0 saturated carbocycles. The first-order chi connectivity index (χ1) is 10.7. The molecule has 1 atom stereocenters. The maximum Gasteiger partial charge on any atom is 0.187 e. The van der Waals surface area contributed by atoms with Crippen molar-refractivity contribution in [2.75, 3.05) is 25.1 Å². The quantitative estimate of drug-likeness (QED) is 0.869. The number of aryl methyl sites for hydroxylation is 1. The van der Waals surface area contributed by atoms with Crippen LogP contribution in [0.4, 0.5) is 10.2 Å². The van der Waals surface area contributed by atoms with E-state index in [0.717, 1.165) is 25.3 Å². The number of rotatable bonds is 4. The molecule has 1 aliphatic heterocycles. The number of halogens is 1. The zero-order valence-electron chi connectivity index (χ0n) is 12.9. The van der Waals surface area contributed by atoms with E-state index in [4.69, 9.17) is 4.74 Å². The van der Waals surface area contributed by atoms with E-state index in [1.165, 1.54) is 11.9 Å². The highest BCUT2D eigenvalue weighted by atomic mass is 19.1. The van der Waals surface area contributed by atoms with E-state index in [1.807, 2.05) is 24.0 Å². The molecule has 116 valence electrons. The average molecular weight is 301 g/mol. The van der Waals surface area contributed by atoms with E-state index in [-0.39, 0.29) is 5.82 Å². The lowest BCUT2D eigenvalue weighted by atomic mass is 9.98. The fourth-order valence-electron chi connectivity index (χ4n) is 2.96. The molecule has 0 spiro atoms. The van der Waals surface area contributed by atoms with Crippen molar-refractivity contribution in [2.45, 2.75) is 25.7 Å². The fourth-order valence-corrected chi connectivity index (χ4v) is 2.96. The third-order valence-electron chi connectivity index (χ3n) is 4.25. The number of hydrogen-bond acceptors (Lipinski definition) is 4. The molecule has 0 N–H and O–H groups in total. The summed E-state index contributed by atoms with van der Waals surface area (Å²) >= 11 is 0. The molecule has 1 saturated heterocycles. The van der Waals surface area contributed by atoms with Gasteiger partial charge in [-0.15, -0.1) is 0 Å². The van der Waals surface area contributed by atoms with Gasteiger partial charge in [0.15, 0.2) is 11.6 Å². The number of nitrogens with zero attached hydrogens (tertiary/aromatic N) is 3. The molecule has 3 rings (SSSR count). The Kier molecular flexibility index (Phi) is 4.22. The van der Waals surface area contributed by atoms with Gasteiger partial charge in [-0.1, -0.05) is 19.1 Å². The summed E-state index contributed by atoms with van der Waals surface area (Å²) in [7, 11) is 1.66. The first-order valence-corrected chi connectivity index (χ1v) is 7.61. The largest absolute Gasteiger partial charge is 0.497 e. The second kappa shape index (κ2) is 6.30. The van der Waals surface area contributed by atoms with E-state index >= 15 is 0 Å². The summed E-state index contributed by atoms with van der Waals surface area (Å²) in [5, 5.41) is 0. The molecule has 2 heterocycles. The molecule has 0 unspecified atom stereocenters. The Hall–Kier alpha value is -2.17. The van der Waals surface area contributed by atoms with Gasteiger partial charge in [-0.3, -0.25) is 0 Å². The van der Waals surface area contributed by atoms with Gasteiger partial charge in [0.1, 0.15) is 12.1 Å². The predicted octanol–water partition coefficient (Wildman–Crippen LogP) is 3.18. The molecule has 0 bridgehead atoms. The van der Waals surface area contributed by atoms with Gasteiger partial charge >= 0.3 is 0 Å². The van der Waals surface area contributed by atoms with Crippen molar-refractivity contribution in [3.63, 3.8) is 0 Å². The number of methoxy groups -OCH3 is 1. The Balaban J connectivity index is 1.77. The monoisotopic (exact) mass is 301 g/mol. The highest BCUT2D eigenvalue weighted by molar-refractivity contribution is 5.44. The predicted molar refractivity (Wildman–Crippen MR) is 83.9 cm³/mol. The lowest BCUT2D eigenvalue weighted by Gasteiger charge is -2.19. The second-order valence-corrected chi connectivity index (χ2v) is 5.52. The summed E-state index contributed by atoms with van der Waals surface area (Å²) in [6, 6.07) is 8.11. The Labute approximate surface area is 130 Å². The van der Waals surface area contributed by atoms with Crippen LogP contribution in [0.1, 0.15) is 30.5 Å². The van der Waals surface area contributed by atoms with Gasteiger partial charge in [0.05, 0.1) is 12.8 Å². The van der Waals surface area contributed by atoms with Crippen LogP contribution < -0.4 is 9.64 Å². The third-order valence-corrected chi connectivity index (χ3v) is 4.25. The number of aromatic nitrogens is 2. The van der Waals surface area contributed by atoms with Gasteiger partial charge in [-0.25, -0.2) is 14.4 Å². The van der Waals surface area contributed by atoms with E-state index in [9.17, 15) is 4.39 Å². The molecule has 0 amide bonds. The molecule has 1 aliphatic rings. The van der Waals surface area contributed by atoms with Crippen LogP contribution in [-0.4, -0.2) is 30.2 Å². The van der Waals surface area contributed by atoms with Gasteiger partial charge in [0.2, 0.25) is 0 Å². The molecule has 4 nitrogen and oxygen atoms in total. The number of benzene rings is 1. The maximum atomic E-state index is 14.4. The SMILES string of the molecule is CCc1ncnc(N2CC[C@H](c3ccc(OC)cc3)C2)c1F. The summed E-state index contributed by atoms with van der Waals surface area (Å²) < 4.78 is 19.6. The van der Waals surface area contributed by atoms with E-state index < -0.39 is 0 Å². The summed E-state index contributed by atoms with van der Waals surface area (Å²) in [5.74, 6) is 1.40. The first kappa shape index (κ1) is 14.8. The molecule has 1 aromatic carbocycles. The van der Waals surface area contributed by atoms with Crippen LogP contribution in [0.25, 0.3) is 0 Å². The van der Waals surface area contributed by atoms with Crippen LogP contribution >= 0.6 is 0 Å². The van der Waals surface area contributed by atoms with Gasteiger partial charge in [-0.2, -0.15) is 0 Å². The molecular weight excluding hydrogens is 281 g/mol. The summed E-state index contributed by atoms with van der Waals surface area (Å²) in [6.45, 7) is 3.50. The minimum atomic E-state index is -0.277. The standard InChI is InChI=1S/C17H20FN3O/c1-3-15-16(18)17(20-11-19-15)21-9-8-13(10-21)12-4-6-14(22-2)7-5-12/h4-7,11,13H,3,8-10H2,1-2H3/t13-/m0/s1. The van der Waals surface area contributed by atoms with Crippen LogP contribution in [0.5, 0.6) is 5.75 Å². The highest BCUT2D eigenvalue weighted by Crippen LogP contribution is 2.32. The lowest BCUT2D eigenvalue weighted by Crippen LogP contribution is -2.22. The molecule has 22 heavy (non-hydrogen) atoms. The van der Waals surface area contributed by atoms with Crippen molar-refractivity contribution in [1.29, 1.82) is 0 Å². The van der Waals surface area contributed by atoms with Gasteiger partial charge < -0.3 is 9.64 Å². The zero-order chi connectivity index (χ0) is 15.5. The topological polar surface area (TPSA) is 38.2 Å². The normalized spacial score (nSPS) is 17.8. The number of anilines is 1. The molecule has 5 heteroatoms. The Bertz CT molecular complexity index is 645. The van der Waals surface area contributed by atoms with Crippen molar-refractivity contribution < 1.29 is 9.13 Å². The highest BCUT2D eigenvalue weighted by Gasteiger charge is 2.27. The molecule has 0 radical (unpaired) electrons. The lowest BCUT2D eigenvalue weighted by molar-refractivity contribution is 0.414. The Morgan fingerprint density at radius 2 is 2.05 bits per heavy atom. The van der Waals surface area contributed by atoms with Crippen molar-refractivity contribution in [1.82, 2.24) is 9.97 Å². The minimum Gasteiger partial charge on any atom is -0.497 e. The van der Waals surface area contributed by atoms with E-state index in [0.29, 0.717) is 23.9 Å². The number of hydrogen-bond donors (Lipinski definition) is 0. The maximum absolute atomic E-state index is 14.4. The van der Waals surface area contributed by atoms with E-state index in [2.05, 4.69) is 22.1 Å². The van der Waals surface area contributed by atoms with Gasteiger partial charge in [0.25, 0.3) is 0 Å². The number of ether oxygens (including phenoxy) is 1. The zero-order valence-corrected chi connectivity index (χ0v) is 12.9. The molecule has 1 aromatic heterocycles. The summed E-state index contributed by atoms with van der Waals surface area (Å²) in [4.78, 5) is 10.2. The third kappa shape index (κ3) is 2.75. The van der Waals surface area contributed by atoms with Crippen LogP contribution in [-0.2, 0) is 6.42 Å². The fraction of sp³-hybridized carbons (Fsp3) is 0.412. The van der Waals surface area contributed by atoms with Crippen molar-refractivity contribution >= 4 is 5.82 Å². The van der Waals surface area contributed by atoms with E-state index in [1.54, 1.807) is 7.11 Å². The van der Waals surface area contributed by atoms with Crippen molar-refractivity contribution in [2.24, 2.45) is 0 Å². The van der Waals surface area contributed by atoms with Crippen molar-refractivity contribution in [3.05, 3.63) is 47.7 Å². The second-order valence-electron chi connectivity index (χ2n) is 5.52. The van der Waals surface area contributed by atoms with Crippen LogP contribution in [0.2, 0.25) is 0 Å². The van der Waals surface area contributed by atoms with Gasteiger partial charge in [-0.05, 0) is 30.5 Å². The Morgan fingerprint density at radius 1 is 1.27 bits per heavy atom. The van der Waals surface area contributed by atoms with Crippen LogP contribution in [0.3, 0.4) is 0 Å². The molecule has 0 aliphatic carbocycles. The van der Waals surface area contributed by atoms with Crippen LogP contribution in [0.15, 0.2) is 30.6 Å². The minimum absolute atomic E-state index is 0.277. The first-order valence-electron chi connectivity index (χ1n) is 7.61. The smallest absolute Gasteiger partial charge is 0.187 e. The summed E-state index contributed by atoms with van der Waals surface area (Å²) in [6.07, 6.45) is 3.03. The molecule has 2 aromatic rings. The van der Waals surface area contributed by atoms with Crippen molar-refractivity contribution in [3.8, 4) is 5.75 Å². The van der Waals surface area contributed by atoms with Crippen LogP contribution in [0, 0.1) is 5.82 Å². The molecule has 1 fully saturated rings. The Morgan fingerprint density at radius 3 is 2.73 bits per heavy atom.